The van der Waals surface area contributed by atoms with Crippen molar-refractivity contribution in [2.24, 2.45) is 0 Å². The first-order valence-electron chi connectivity index (χ1n) is 7.24. The van der Waals surface area contributed by atoms with E-state index in [4.69, 9.17) is 9.84 Å². The summed E-state index contributed by atoms with van der Waals surface area (Å²) >= 11 is 0. The molecule has 2 unspecified atom stereocenters. The summed E-state index contributed by atoms with van der Waals surface area (Å²) in [6, 6.07) is 9.93. The predicted molar refractivity (Wildman–Crippen MR) is 77.3 cm³/mol. The highest BCUT2D eigenvalue weighted by Crippen LogP contribution is 2.31. The largest absolute Gasteiger partial charge is 0.490 e. The number of rotatable bonds is 5. The summed E-state index contributed by atoms with van der Waals surface area (Å²) < 4.78 is 6.00. The van der Waals surface area contributed by atoms with Crippen LogP contribution in [0.4, 0.5) is 0 Å². The van der Waals surface area contributed by atoms with Crippen molar-refractivity contribution in [3.05, 3.63) is 29.8 Å². The van der Waals surface area contributed by atoms with Crippen LogP contribution in [0.1, 0.15) is 38.2 Å². The Morgan fingerprint density at radius 1 is 1.55 bits per heavy atom. The van der Waals surface area contributed by atoms with Crippen LogP contribution < -0.4 is 10.1 Å². The summed E-state index contributed by atoms with van der Waals surface area (Å²) in [5.74, 6) is 0.770. The van der Waals surface area contributed by atoms with Gasteiger partial charge in [-0.1, -0.05) is 19.1 Å². The molecule has 0 aromatic heterocycles. The van der Waals surface area contributed by atoms with Crippen LogP contribution in [0.5, 0.6) is 5.75 Å². The minimum Gasteiger partial charge on any atom is -0.490 e. The van der Waals surface area contributed by atoms with Gasteiger partial charge in [-0.3, -0.25) is 5.32 Å². The van der Waals surface area contributed by atoms with Crippen molar-refractivity contribution in [3.63, 3.8) is 0 Å². The van der Waals surface area contributed by atoms with Crippen LogP contribution in [0, 0.1) is 11.3 Å². The monoisotopic (exact) mass is 274 g/mol. The molecule has 2 N–H and O–H groups in total. The van der Waals surface area contributed by atoms with Gasteiger partial charge < -0.3 is 9.84 Å². The highest BCUT2D eigenvalue weighted by Gasteiger charge is 2.36. The average Bonchev–Trinajstić information content (AvgIpc) is 2.48. The van der Waals surface area contributed by atoms with E-state index >= 15 is 0 Å². The van der Waals surface area contributed by atoms with E-state index < -0.39 is 5.54 Å². The summed E-state index contributed by atoms with van der Waals surface area (Å²) in [5.41, 5.74) is 0.392. The predicted octanol–water partition coefficient (Wildman–Crippen LogP) is 2.37. The normalized spacial score (nSPS) is 25.9. The van der Waals surface area contributed by atoms with E-state index in [1.54, 1.807) is 0 Å². The number of nitrogens with zero attached hydrogens (tertiary/aromatic N) is 1. The Morgan fingerprint density at radius 3 is 3.10 bits per heavy atom. The molecule has 0 saturated heterocycles. The van der Waals surface area contributed by atoms with Gasteiger partial charge in [0.1, 0.15) is 17.4 Å². The Hall–Kier alpha value is -1.57. The van der Waals surface area contributed by atoms with Gasteiger partial charge in [0.05, 0.1) is 12.7 Å². The van der Waals surface area contributed by atoms with Crippen molar-refractivity contribution in [1.82, 2.24) is 5.32 Å². The van der Waals surface area contributed by atoms with Crippen LogP contribution >= 0.6 is 0 Å². The van der Waals surface area contributed by atoms with Crippen molar-refractivity contribution in [2.75, 3.05) is 6.54 Å². The van der Waals surface area contributed by atoms with Crippen LogP contribution in [0.15, 0.2) is 24.3 Å². The molecule has 0 amide bonds. The number of nitriles is 1. The molecule has 108 valence electrons. The molecule has 4 nitrogen and oxygen atoms in total. The summed E-state index contributed by atoms with van der Waals surface area (Å²) in [5, 5.41) is 21.9. The second-order valence-electron chi connectivity index (χ2n) is 5.37. The topological polar surface area (TPSA) is 65.3 Å². The van der Waals surface area contributed by atoms with Crippen molar-refractivity contribution in [1.29, 1.82) is 5.26 Å². The van der Waals surface area contributed by atoms with Crippen molar-refractivity contribution in [2.45, 2.75) is 50.9 Å². The van der Waals surface area contributed by atoms with Crippen LogP contribution in [0.2, 0.25) is 0 Å². The van der Waals surface area contributed by atoms with E-state index in [9.17, 15) is 5.26 Å². The molecule has 0 radical (unpaired) electrons. The zero-order valence-electron chi connectivity index (χ0n) is 11.9. The fourth-order valence-corrected chi connectivity index (χ4v) is 2.87. The number of aliphatic hydroxyl groups is 1. The maximum absolute atomic E-state index is 9.44. The molecule has 1 aliphatic rings. The maximum atomic E-state index is 9.44. The Balaban J connectivity index is 2.04. The molecule has 1 aliphatic carbocycles. The molecule has 2 rings (SSSR count). The molecule has 0 aliphatic heterocycles. The first kappa shape index (κ1) is 14.8. The van der Waals surface area contributed by atoms with Crippen LogP contribution in [-0.2, 0) is 6.61 Å². The van der Waals surface area contributed by atoms with Gasteiger partial charge in [0.15, 0.2) is 0 Å². The Labute approximate surface area is 120 Å². The van der Waals surface area contributed by atoms with Crippen molar-refractivity contribution < 1.29 is 9.84 Å². The Bertz CT molecular complexity index is 480. The quantitative estimate of drug-likeness (QED) is 0.865. The summed E-state index contributed by atoms with van der Waals surface area (Å²) in [6.07, 6.45) is 3.61. The van der Waals surface area contributed by atoms with E-state index in [1.807, 2.05) is 31.2 Å². The van der Waals surface area contributed by atoms with E-state index in [0.29, 0.717) is 6.42 Å². The molecular weight excluding hydrogens is 252 g/mol. The second-order valence-corrected chi connectivity index (χ2v) is 5.37. The minimum atomic E-state index is -0.452. The fourth-order valence-electron chi connectivity index (χ4n) is 2.87. The lowest BCUT2D eigenvalue weighted by atomic mass is 9.81. The third-order valence-corrected chi connectivity index (χ3v) is 3.82. The highest BCUT2D eigenvalue weighted by atomic mass is 16.5. The highest BCUT2D eigenvalue weighted by molar-refractivity contribution is 5.28. The molecule has 1 saturated carbocycles. The molecule has 0 spiro atoms. The summed E-state index contributed by atoms with van der Waals surface area (Å²) in [7, 11) is 0. The molecule has 2 atom stereocenters. The fraction of sp³-hybridized carbons (Fsp3) is 0.562. The van der Waals surface area contributed by atoms with Gasteiger partial charge in [-0.05, 0) is 43.5 Å². The SMILES string of the molecule is CCNC1(C#N)CCCC(Oc2cccc(CO)c2)C1. The van der Waals surface area contributed by atoms with Crippen molar-refractivity contribution in [3.8, 4) is 11.8 Å². The van der Waals surface area contributed by atoms with Crippen LogP contribution in [0.25, 0.3) is 0 Å². The molecule has 1 aromatic carbocycles. The van der Waals surface area contributed by atoms with Gasteiger partial charge in [-0.15, -0.1) is 0 Å². The molecule has 0 heterocycles. The van der Waals surface area contributed by atoms with Crippen LogP contribution in [-0.4, -0.2) is 23.3 Å². The first-order chi connectivity index (χ1) is 9.71. The number of hydrogen-bond donors (Lipinski definition) is 2. The molecule has 1 fully saturated rings. The summed E-state index contributed by atoms with van der Waals surface area (Å²) in [4.78, 5) is 0. The van der Waals surface area contributed by atoms with Gasteiger partial charge >= 0.3 is 0 Å². The Kier molecular flexibility index (Phi) is 4.99. The number of ether oxygens (including phenoxy) is 1. The van der Waals surface area contributed by atoms with Gasteiger partial charge in [-0.2, -0.15) is 5.26 Å². The van der Waals surface area contributed by atoms with E-state index in [0.717, 1.165) is 37.1 Å². The lowest BCUT2D eigenvalue weighted by Gasteiger charge is -2.36. The number of benzene rings is 1. The number of aliphatic hydroxyl groups excluding tert-OH is 1. The molecule has 4 heteroatoms. The molecule has 0 bridgehead atoms. The third-order valence-electron chi connectivity index (χ3n) is 3.82. The molecule has 20 heavy (non-hydrogen) atoms. The number of hydrogen-bond acceptors (Lipinski definition) is 4. The average molecular weight is 274 g/mol. The number of nitrogens with one attached hydrogen (secondary N) is 1. The summed E-state index contributed by atoms with van der Waals surface area (Å²) in [6.45, 7) is 2.83. The minimum absolute atomic E-state index is 0.0153. The lowest BCUT2D eigenvalue weighted by molar-refractivity contribution is 0.113. The molecule has 1 aromatic rings. The van der Waals surface area contributed by atoms with E-state index in [-0.39, 0.29) is 12.7 Å². The zero-order chi connectivity index (χ0) is 14.4. The third kappa shape index (κ3) is 3.50. The van der Waals surface area contributed by atoms with Gasteiger partial charge in [0.25, 0.3) is 0 Å². The van der Waals surface area contributed by atoms with Crippen LogP contribution in [0.3, 0.4) is 0 Å². The van der Waals surface area contributed by atoms with E-state index in [1.165, 1.54) is 0 Å². The molecular formula is C16H22N2O2. The van der Waals surface area contributed by atoms with Gasteiger partial charge in [0.2, 0.25) is 0 Å². The van der Waals surface area contributed by atoms with Gasteiger partial charge in [-0.25, -0.2) is 0 Å². The van der Waals surface area contributed by atoms with Gasteiger partial charge in [0, 0.05) is 6.42 Å². The van der Waals surface area contributed by atoms with E-state index in [2.05, 4.69) is 11.4 Å². The first-order valence-corrected chi connectivity index (χ1v) is 7.24. The standard InChI is InChI=1S/C16H22N2O2/c1-2-18-16(12-17)8-4-7-15(10-16)20-14-6-3-5-13(9-14)11-19/h3,5-6,9,15,18-19H,2,4,7-8,10-11H2,1H3. The lowest BCUT2D eigenvalue weighted by Crippen LogP contribution is -2.49. The Morgan fingerprint density at radius 2 is 2.40 bits per heavy atom. The van der Waals surface area contributed by atoms with Crippen molar-refractivity contribution >= 4 is 0 Å². The smallest absolute Gasteiger partial charge is 0.120 e. The maximum Gasteiger partial charge on any atom is 0.120 e. The zero-order valence-corrected chi connectivity index (χ0v) is 11.9. The second kappa shape index (κ2) is 6.74.